The van der Waals surface area contributed by atoms with Gasteiger partial charge in [0.05, 0.1) is 2.88 Å². The van der Waals surface area contributed by atoms with Crippen molar-refractivity contribution in [2.45, 2.75) is 64.3 Å². The zero-order valence-corrected chi connectivity index (χ0v) is 14.8. The van der Waals surface area contributed by atoms with E-state index in [4.69, 9.17) is 0 Å². The van der Waals surface area contributed by atoms with Crippen molar-refractivity contribution in [1.82, 2.24) is 5.32 Å². The summed E-state index contributed by atoms with van der Waals surface area (Å²) in [5.74, 6) is 0. The first-order valence-electron chi connectivity index (χ1n) is 7.68. The maximum absolute atomic E-state index is 3.90. The topological polar surface area (TPSA) is 12.0 Å². The molecule has 1 aromatic heterocycles. The quantitative estimate of drug-likeness (QED) is 0.693. The van der Waals surface area contributed by atoms with Crippen molar-refractivity contribution in [3.05, 3.63) is 19.4 Å². The van der Waals surface area contributed by atoms with E-state index in [0.29, 0.717) is 11.5 Å². The first-order chi connectivity index (χ1) is 9.16. The van der Waals surface area contributed by atoms with Crippen LogP contribution in [-0.4, -0.2) is 6.54 Å². The first-order valence-corrected chi connectivity index (χ1v) is 9.57. The van der Waals surface area contributed by atoms with E-state index in [1.54, 1.807) is 10.4 Å². The maximum Gasteiger partial charge on any atom is 0.0659 e. The summed E-state index contributed by atoms with van der Waals surface area (Å²) in [5, 5.41) is 3.90. The van der Waals surface area contributed by atoms with Crippen LogP contribution in [-0.2, 0) is 6.42 Å². The van der Waals surface area contributed by atoms with Gasteiger partial charge in [0, 0.05) is 17.5 Å². The van der Waals surface area contributed by atoms with Gasteiger partial charge >= 0.3 is 0 Å². The number of nitrogens with one attached hydrogen (secondary N) is 1. The van der Waals surface area contributed by atoms with Gasteiger partial charge in [-0.05, 0) is 71.7 Å². The van der Waals surface area contributed by atoms with Crippen molar-refractivity contribution in [3.8, 4) is 0 Å². The Morgan fingerprint density at radius 1 is 1.32 bits per heavy atom. The monoisotopic (exact) mass is 389 g/mol. The van der Waals surface area contributed by atoms with Crippen molar-refractivity contribution in [3.63, 3.8) is 0 Å². The molecule has 3 rings (SSSR count). The van der Waals surface area contributed by atoms with Crippen LogP contribution in [0.3, 0.4) is 0 Å². The Balaban J connectivity index is 1.64. The van der Waals surface area contributed by atoms with Crippen LogP contribution in [0.5, 0.6) is 0 Å². The van der Waals surface area contributed by atoms with Crippen molar-refractivity contribution in [1.29, 1.82) is 0 Å². The molecule has 0 bridgehead atoms. The van der Waals surface area contributed by atoms with Crippen LogP contribution in [0.2, 0.25) is 0 Å². The van der Waals surface area contributed by atoms with Crippen molar-refractivity contribution < 1.29 is 0 Å². The molecule has 19 heavy (non-hydrogen) atoms. The lowest BCUT2D eigenvalue weighted by molar-refractivity contribution is 0.197. The maximum atomic E-state index is 3.90. The minimum Gasteiger partial charge on any atom is -0.309 e. The molecule has 1 aromatic rings. The summed E-state index contributed by atoms with van der Waals surface area (Å²) in [5.41, 5.74) is 2.17. The number of hydrogen-bond donors (Lipinski definition) is 1. The van der Waals surface area contributed by atoms with Gasteiger partial charge in [-0.1, -0.05) is 26.2 Å². The zero-order valence-electron chi connectivity index (χ0n) is 11.8. The Labute approximate surface area is 134 Å². The third kappa shape index (κ3) is 3.35. The summed E-state index contributed by atoms with van der Waals surface area (Å²) >= 11 is 4.48. The molecule has 1 fully saturated rings. The van der Waals surface area contributed by atoms with Crippen LogP contribution < -0.4 is 5.32 Å². The van der Waals surface area contributed by atoms with Crippen molar-refractivity contribution in [2.24, 2.45) is 5.41 Å². The van der Waals surface area contributed by atoms with Crippen LogP contribution >= 0.6 is 33.9 Å². The van der Waals surface area contributed by atoms with Gasteiger partial charge in [0.2, 0.25) is 0 Å². The highest BCUT2D eigenvalue weighted by Gasteiger charge is 2.29. The van der Waals surface area contributed by atoms with Crippen LogP contribution in [0.4, 0.5) is 0 Å². The summed E-state index contributed by atoms with van der Waals surface area (Å²) in [4.78, 5) is 1.64. The number of aryl methyl sites for hydroxylation is 1. The molecule has 1 N–H and O–H groups in total. The van der Waals surface area contributed by atoms with E-state index >= 15 is 0 Å². The molecule has 1 unspecified atom stereocenters. The lowest BCUT2D eigenvalue weighted by atomic mass is 9.75. The van der Waals surface area contributed by atoms with Gasteiger partial charge in [0.25, 0.3) is 0 Å². The molecule has 1 atom stereocenters. The van der Waals surface area contributed by atoms with E-state index in [0.717, 1.165) is 0 Å². The molecule has 2 aliphatic carbocycles. The molecule has 0 amide bonds. The summed E-state index contributed by atoms with van der Waals surface area (Å²) in [6.07, 6.45) is 11.1. The lowest BCUT2D eigenvalue weighted by Gasteiger charge is -2.36. The Kier molecular flexibility index (Phi) is 4.54. The van der Waals surface area contributed by atoms with Gasteiger partial charge in [0.1, 0.15) is 0 Å². The Morgan fingerprint density at radius 3 is 2.89 bits per heavy atom. The molecule has 0 saturated heterocycles. The lowest BCUT2D eigenvalue weighted by Crippen LogP contribution is -2.36. The number of hydrogen-bond acceptors (Lipinski definition) is 2. The standard InChI is InChI=1S/C16H24INS/c1-16(8-3-2-4-9-16)11-18-13-6-5-7-14-12(13)10-15(17)19-14/h10,13,18H,2-9,11H2,1H3. The predicted molar refractivity (Wildman–Crippen MR) is 91.9 cm³/mol. The molecule has 0 aliphatic heterocycles. The average molecular weight is 389 g/mol. The van der Waals surface area contributed by atoms with Gasteiger partial charge in [-0.3, -0.25) is 0 Å². The summed E-state index contributed by atoms with van der Waals surface area (Å²) in [6, 6.07) is 3.04. The van der Waals surface area contributed by atoms with Gasteiger partial charge in [0.15, 0.2) is 0 Å². The highest BCUT2D eigenvalue weighted by atomic mass is 127. The van der Waals surface area contributed by atoms with Crippen LogP contribution in [0.15, 0.2) is 6.07 Å². The average Bonchev–Trinajstić information content (AvgIpc) is 2.78. The Bertz CT molecular complexity index is 434. The first kappa shape index (κ1) is 14.3. The fraction of sp³-hybridized carbons (Fsp3) is 0.750. The number of rotatable bonds is 3. The van der Waals surface area contributed by atoms with Crippen LogP contribution in [0.1, 0.15) is 68.4 Å². The molecular formula is C16H24INS. The van der Waals surface area contributed by atoms with Gasteiger partial charge < -0.3 is 5.32 Å². The second-order valence-electron chi connectivity index (χ2n) is 6.63. The normalized spacial score (nSPS) is 26.1. The number of halogens is 1. The highest BCUT2D eigenvalue weighted by Crippen LogP contribution is 2.39. The molecule has 3 heteroatoms. The number of fused-ring (bicyclic) bond motifs is 1. The molecule has 1 saturated carbocycles. The highest BCUT2D eigenvalue weighted by molar-refractivity contribution is 14.1. The predicted octanol–water partition coefficient (Wildman–Crippen LogP) is 5.29. The molecular weight excluding hydrogens is 365 g/mol. The third-order valence-corrected chi connectivity index (χ3v) is 6.89. The molecule has 106 valence electrons. The van der Waals surface area contributed by atoms with E-state index < -0.39 is 0 Å². The molecule has 0 aromatic carbocycles. The molecule has 0 radical (unpaired) electrons. The van der Waals surface area contributed by atoms with E-state index in [9.17, 15) is 0 Å². The molecule has 2 aliphatic rings. The summed E-state index contributed by atoms with van der Waals surface area (Å²) in [6.45, 7) is 3.70. The van der Waals surface area contributed by atoms with Gasteiger partial charge in [-0.25, -0.2) is 0 Å². The van der Waals surface area contributed by atoms with Gasteiger partial charge in [-0.15, -0.1) is 11.3 Å². The van der Waals surface area contributed by atoms with Crippen molar-refractivity contribution >= 4 is 33.9 Å². The van der Waals surface area contributed by atoms with E-state index in [2.05, 4.69) is 40.9 Å². The van der Waals surface area contributed by atoms with Gasteiger partial charge in [-0.2, -0.15) is 0 Å². The second kappa shape index (κ2) is 6.02. The molecule has 0 spiro atoms. The largest absolute Gasteiger partial charge is 0.309 e. The SMILES string of the molecule is CC1(CNC2CCCc3sc(I)cc32)CCCCC1. The van der Waals surface area contributed by atoms with Crippen LogP contribution in [0.25, 0.3) is 0 Å². The summed E-state index contributed by atoms with van der Waals surface area (Å²) in [7, 11) is 0. The van der Waals surface area contributed by atoms with E-state index in [1.807, 2.05) is 11.3 Å². The fourth-order valence-corrected chi connectivity index (χ4v) is 5.80. The number of thiophene rings is 1. The van der Waals surface area contributed by atoms with Crippen molar-refractivity contribution in [2.75, 3.05) is 6.54 Å². The smallest absolute Gasteiger partial charge is 0.0659 e. The van der Waals surface area contributed by atoms with E-state index in [-0.39, 0.29) is 0 Å². The minimum atomic E-state index is 0.555. The zero-order chi connectivity index (χ0) is 13.3. The summed E-state index contributed by atoms with van der Waals surface area (Å²) < 4.78 is 1.46. The molecule has 1 nitrogen and oxygen atoms in total. The Hall–Kier alpha value is 0.390. The second-order valence-corrected chi connectivity index (χ2v) is 9.66. The van der Waals surface area contributed by atoms with Crippen LogP contribution in [0, 0.1) is 8.30 Å². The fourth-order valence-electron chi connectivity index (χ4n) is 3.69. The Morgan fingerprint density at radius 2 is 2.11 bits per heavy atom. The minimum absolute atomic E-state index is 0.555. The molecule has 1 heterocycles. The van der Waals surface area contributed by atoms with E-state index in [1.165, 1.54) is 60.8 Å². The third-order valence-electron chi connectivity index (χ3n) is 4.92.